The standard InChI is InChI=1S/C32H35NO3S/c1-23-11-9-12-24(2)31(23)30-22-26(33-37(34,35)28-15-7-6-8-16-28)17-18-29(30)25-13-10-14-27(21-25)36-20-19-32(3,4)5/h6-18,21-22,33H,19-20H2,1-5H3. The molecule has 0 aromatic heterocycles. The van der Waals surface area contributed by atoms with Gasteiger partial charge >= 0.3 is 0 Å². The lowest BCUT2D eigenvalue weighted by Crippen LogP contribution is -2.13. The normalized spacial score (nSPS) is 11.8. The molecule has 0 atom stereocenters. The molecule has 0 aliphatic heterocycles. The zero-order valence-corrected chi connectivity index (χ0v) is 23.0. The fourth-order valence-electron chi connectivity index (χ4n) is 4.35. The molecule has 0 fully saturated rings. The summed E-state index contributed by atoms with van der Waals surface area (Å²) in [5.74, 6) is 0.822. The Labute approximate surface area is 221 Å². The van der Waals surface area contributed by atoms with E-state index in [0.717, 1.165) is 45.6 Å². The Balaban J connectivity index is 1.76. The van der Waals surface area contributed by atoms with Crippen LogP contribution in [0.2, 0.25) is 0 Å². The summed E-state index contributed by atoms with van der Waals surface area (Å²) in [6.45, 7) is 11.4. The third-order valence-electron chi connectivity index (χ3n) is 6.34. The second kappa shape index (κ2) is 10.8. The van der Waals surface area contributed by atoms with Gasteiger partial charge in [0.05, 0.1) is 11.5 Å². The predicted octanol–water partition coefficient (Wildman–Crippen LogP) is 8.25. The summed E-state index contributed by atoms with van der Waals surface area (Å²) in [5.41, 5.74) is 7.07. The highest BCUT2D eigenvalue weighted by Crippen LogP contribution is 2.39. The minimum atomic E-state index is -3.71. The van der Waals surface area contributed by atoms with Crippen LogP contribution in [0.3, 0.4) is 0 Å². The maximum atomic E-state index is 13.0. The fraction of sp³-hybridized carbons (Fsp3) is 0.250. The first-order valence-corrected chi connectivity index (χ1v) is 14.0. The number of benzene rings is 4. The highest BCUT2D eigenvalue weighted by molar-refractivity contribution is 7.92. The molecule has 4 rings (SSSR count). The first-order valence-electron chi connectivity index (χ1n) is 12.6. The predicted molar refractivity (Wildman–Crippen MR) is 154 cm³/mol. The Kier molecular flexibility index (Phi) is 7.74. The van der Waals surface area contributed by atoms with Gasteiger partial charge in [-0.05, 0) is 95.5 Å². The smallest absolute Gasteiger partial charge is 0.261 e. The van der Waals surface area contributed by atoms with Crippen LogP contribution in [-0.4, -0.2) is 15.0 Å². The second-order valence-electron chi connectivity index (χ2n) is 10.6. The third kappa shape index (κ3) is 6.60. The number of aryl methyl sites for hydroxylation is 2. The van der Waals surface area contributed by atoms with E-state index in [-0.39, 0.29) is 10.3 Å². The van der Waals surface area contributed by atoms with Gasteiger partial charge in [0.25, 0.3) is 10.0 Å². The first kappa shape index (κ1) is 26.5. The molecule has 0 spiro atoms. The van der Waals surface area contributed by atoms with Crippen molar-refractivity contribution in [1.82, 2.24) is 0 Å². The zero-order valence-electron chi connectivity index (χ0n) is 22.2. The molecule has 0 aliphatic carbocycles. The van der Waals surface area contributed by atoms with Crippen LogP contribution in [-0.2, 0) is 10.0 Å². The lowest BCUT2D eigenvalue weighted by molar-refractivity contribution is 0.243. The molecule has 0 amide bonds. The second-order valence-corrected chi connectivity index (χ2v) is 12.3. The van der Waals surface area contributed by atoms with Crippen LogP contribution >= 0.6 is 0 Å². The molecule has 192 valence electrons. The summed E-state index contributed by atoms with van der Waals surface area (Å²) in [7, 11) is -3.71. The SMILES string of the molecule is Cc1cccc(C)c1-c1cc(NS(=O)(=O)c2ccccc2)ccc1-c1cccc(OCCC(C)(C)C)c1. The van der Waals surface area contributed by atoms with Gasteiger partial charge < -0.3 is 4.74 Å². The summed E-state index contributed by atoms with van der Waals surface area (Å²) in [6, 6.07) is 28.5. The largest absolute Gasteiger partial charge is 0.494 e. The molecule has 0 radical (unpaired) electrons. The molecule has 4 aromatic rings. The van der Waals surface area contributed by atoms with Gasteiger partial charge in [-0.15, -0.1) is 0 Å². The van der Waals surface area contributed by atoms with E-state index in [1.165, 1.54) is 0 Å². The van der Waals surface area contributed by atoms with Crippen molar-refractivity contribution in [2.75, 3.05) is 11.3 Å². The summed E-state index contributed by atoms with van der Waals surface area (Å²) < 4.78 is 34.9. The van der Waals surface area contributed by atoms with Gasteiger partial charge in [0.2, 0.25) is 0 Å². The van der Waals surface area contributed by atoms with Crippen LogP contribution in [0.4, 0.5) is 5.69 Å². The van der Waals surface area contributed by atoms with Crippen molar-refractivity contribution in [2.45, 2.75) is 45.9 Å². The highest BCUT2D eigenvalue weighted by Gasteiger charge is 2.18. The van der Waals surface area contributed by atoms with Crippen LogP contribution in [0.25, 0.3) is 22.3 Å². The molecule has 0 bridgehead atoms. The highest BCUT2D eigenvalue weighted by atomic mass is 32.2. The minimum absolute atomic E-state index is 0.204. The van der Waals surface area contributed by atoms with E-state index in [1.54, 1.807) is 30.3 Å². The Morgan fingerprint density at radius 2 is 1.43 bits per heavy atom. The molecule has 0 saturated heterocycles. The van der Waals surface area contributed by atoms with Crippen LogP contribution < -0.4 is 9.46 Å². The number of hydrogen-bond donors (Lipinski definition) is 1. The molecule has 5 heteroatoms. The average molecular weight is 514 g/mol. The fourth-order valence-corrected chi connectivity index (χ4v) is 5.42. The quantitative estimate of drug-likeness (QED) is 0.258. The molecule has 1 N–H and O–H groups in total. The van der Waals surface area contributed by atoms with Crippen LogP contribution in [0.1, 0.15) is 38.3 Å². The number of rotatable bonds is 8. The summed E-state index contributed by atoms with van der Waals surface area (Å²) >= 11 is 0. The van der Waals surface area contributed by atoms with Gasteiger partial charge in [0, 0.05) is 5.69 Å². The zero-order chi connectivity index (χ0) is 26.6. The van der Waals surface area contributed by atoms with E-state index >= 15 is 0 Å². The van der Waals surface area contributed by atoms with Crippen LogP contribution in [0.15, 0.2) is 95.9 Å². The molecule has 37 heavy (non-hydrogen) atoms. The van der Waals surface area contributed by atoms with Gasteiger partial charge in [-0.2, -0.15) is 0 Å². The van der Waals surface area contributed by atoms with E-state index in [2.05, 4.69) is 63.6 Å². The summed E-state index contributed by atoms with van der Waals surface area (Å²) in [6.07, 6.45) is 0.959. The maximum Gasteiger partial charge on any atom is 0.261 e. The van der Waals surface area contributed by atoms with E-state index < -0.39 is 10.0 Å². The number of nitrogens with one attached hydrogen (secondary N) is 1. The molecule has 0 aliphatic rings. The lowest BCUT2D eigenvalue weighted by Gasteiger charge is -2.19. The van der Waals surface area contributed by atoms with Crippen LogP contribution in [0, 0.1) is 19.3 Å². The van der Waals surface area contributed by atoms with Crippen molar-refractivity contribution in [3.63, 3.8) is 0 Å². The topological polar surface area (TPSA) is 55.4 Å². The molecule has 0 heterocycles. The summed E-state index contributed by atoms with van der Waals surface area (Å²) in [4.78, 5) is 0.229. The van der Waals surface area contributed by atoms with Gasteiger partial charge in [-0.3, -0.25) is 4.72 Å². The number of anilines is 1. The first-order chi connectivity index (χ1) is 17.5. The molecular formula is C32H35NO3S. The van der Waals surface area contributed by atoms with Crippen molar-refractivity contribution >= 4 is 15.7 Å². The molecule has 0 saturated carbocycles. The Hall–Kier alpha value is -3.57. The third-order valence-corrected chi connectivity index (χ3v) is 7.74. The molecule has 0 unspecified atom stereocenters. The van der Waals surface area contributed by atoms with Crippen molar-refractivity contribution in [3.05, 3.63) is 102 Å². The monoisotopic (exact) mass is 513 g/mol. The van der Waals surface area contributed by atoms with E-state index in [0.29, 0.717) is 12.3 Å². The Bertz CT molecular complexity index is 1470. The minimum Gasteiger partial charge on any atom is -0.494 e. The van der Waals surface area contributed by atoms with E-state index in [4.69, 9.17) is 4.74 Å². The number of hydrogen-bond acceptors (Lipinski definition) is 3. The lowest BCUT2D eigenvalue weighted by atomic mass is 9.89. The van der Waals surface area contributed by atoms with Crippen molar-refractivity contribution in [1.29, 1.82) is 0 Å². The van der Waals surface area contributed by atoms with Crippen LogP contribution in [0.5, 0.6) is 5.75 Å². The molecule has 4 nitrogen and oxygen atoms in total. The summed E-state index contributed by atoms with van der Waals surface area (Å²) in [5, 5.41) is 0. The Morgan fingerprint density at radius 3 is 2.11 bits per heavy atom. The van der Waals surface area contributed by atoms with Gasteiger partial charge in [-0.1, -0.05) is 75.4 Å². The maximum absolute atomic E-state index is 13.0. The van der Waals surface area contributed by atoms with Crippen molar-refractivity contribution in [3.8, 4) is 28.0 Å². The van der Waals surface area contributed by atoms with E-state index in [9.17, 15) is 8.42 Å². The molecule has 4 aromatic carbocycles. The van der Waals surface area contributed by atoms with Gasteiger partial charge in [0.1, 0.15) is 5.75 Å². The molecular weight excluding hydrogens is 478 g/mol. The van der Waals surface area contributed by atoms with Crippen molar-refractivity contribution < 1.29 is 13.2 Å². The number of ether oxygens (including phenoxy) is 1. The van der Waals surface area contributed by atoms with Gasteiger partial charge in [-0.25, -0.2) is 8.42 Å². The van der Waals surface area contributed by atoms with Crippen molar-refractivity contribution in [2.24, 2.45) is 5.41 Å². The average Bonchev–Trinajstić information content (AvgIpc) is 2.84. The Morgan fingerprint density at radius 1 is 0.757 bits per heavy atom. The number of sulfonamides is 1. The van der Waals surface area contributed by atoms with Gasteiger partial charge in [0.15, 0.2) is 0 Å². The van der Waals surface area contributed by atoms with E-state index in [1.807, 2.05) is 36.4 Å².